The average Bonchev–Trinajstić information content (AvgIpc) is 2.71. The Bertz CT molecular complexity index is 183. The molecule has 2 fully saturated rings. The van der Waals surface area contributed by atoms with Crippen molar-refractivity contribution >= 4 is 17.7 Å². The Morgan fingerprint density at radius 3 is 2.54 bits per heavy atom. The van der Waals surface area contributed by atoms with Gasteiger partial charge in [0, 0.05) is 13.1 Å². The third kappa shape index (κ3) is 2.19. The van der Waals surface area contributed by atoms with Gasteiger partial charge in [-0.15, -0.1) is 11.8 Å². The summed E-state index contributed by atoms with van der Waals surface area (Å²) in [5.41, 5.74) is 0. The quantitative estimate of drug-likeness (QED) is 0.643. The monoisotopic (exact) mass is 199 g/mol. The first kappa shape index (κ1) is 9.38. The van der Waals surface area contributed by atoms with Gasteiger partial charge in [-0.2, -0.15) is 0 Å². The molecule has 2 saturated heterocycles. The topological polar surface area (TPSA) is 20.3 Å². The molecule has 2 rings (SSSR count). The van der Waals surface area contributed by atoms with Crippen LogP contribution in [0.4, 0.5) is 0 Å². The van der Waals surface area contributed by atoms with Crippen molar-refractivity contribution in [3.63, 3.8) is 0 Å². The molecule has 0 radical (unpaired) electrons. The van der Waals surface area contributed by atoms with Crippen LogP contribution in [0.5, 0.6) is 0 Å². The van der Waals surface area contributed by atoms with Crippen LogP contribution in [0.1, 0.15) is 32.1 Å². The lowest BCUT2D eigenvalue weighted by Crippen LogP contribution is -2.40. The smallest absolute Gasteiger partial charge is 0.235 e. The van der Waals surface area contributed by atoms with Crippen LogP contribution in [0.25, 0.3) is 0 Å². The van der Waals surface area contributed by atoms with Crippen molar-refractivity contribution in [2.45, 2.75) is 37.4 Å². The fraction of sp³-hybridized carbons (Fsp3) is 0.900. The molecule has 0 bridgehead atoms. The maximum atomic E-state index is 11.9. The number of hydrogen-bond donors (Lipinski definition) is 0. The third-order valence-electron chi connectivity index (χ3n) is 2.87. The Kier molecular flexibility index (Phi) is 3.14. The molecule has 0 aromatic rings. The zero-order chi connectivity index (χ0) is 9.10. The van der Waals surface area contributed by atoms with Crippen LogP contribution in [0, 0.1) is 0 Å². The Balaban J connectivity index is 1.87. The second kappa shape index (κ2) is 4.36. The Morgan fingerprint density at radius 1 is 1.15 bits per heavy atom. The minimum absolute atomic E-state index is 0.304. The molecular formula is C10H17NOS. The molecule has 2 heterocycles. The number of thioether (sulfide) groups is 1. The van der Waals surface area contributed by atoms with Gasteiger partial charge < -0.3 is 4.90 Å². The van der Waals surface area contributed by atoms with Crippen molar-refractivity contribution < 1.29 is 4.79 Å². The Hall–Kier alpha value is -0.180. The predicted octanol–water partition coefficient (Wildman–Crippen LogP) is 1.89. The Labute approximate surface area is 84.1 Å². The molecule has 2 aliphatic heterocycles. The first-order valence-electron chi connectivity index (χ1n) is 5.28. The second-order valence-corrected chi connectivity index (χ2v) is 5.20. The van der Waals surface area contributed by atoms with Gasteiger partial charge >= 0.3 is 0 Å². The molecular weight excluding hydrogens is 182 g/mol. The SMILES string of the molecule is O=C(C1CCCS1)N1CCCCC1. The highest BCUT2D eigenvalue weighted by atomic mass is 32.2. The van der Waals surface area contributed by atoms with E-state index in [-0.39, 0.29) is 0 Å². The molecule has 0 spiro atoms. The molecule has 0 N–H and O–H groups in total. The predicted molar refractivity (Wildman–Crippen MR) is 55.9 cm³/mol. The number of rotatable bonds is 1. The number of nitrogens with zero attached hydrogens (tertiary/aromatic N) is 1. The van der Waals surface area contributed by atoms with Crippen LogP contribution in [0.3, 0.4) is 0 Å². The zero-order valence-corrected chi connectivity index (χ0v) is 8.81. The first-order chi connectivity index (χ1) is 6.38. The van der Waals surface area contributed by atoms with E-state index in [1.54, 1.807) is 0 Å². The fourth-order valence-corrected chi connectivity index (χ4v) is 3.33. The maximum absolute atomic E-state index is 11.9. The summed E-state index contributed by atoms with van der Waals surface area (Å²) in [6.45, 7) is 2.02. The zero-order valence-electron chi connectivity index (χ0n) is 8.00. The summed E-state index contributed by atoms with van der Waals surface area (Å²) in [7, 11) is 0. The molecule has 13 heavy (non-hydrogen) atoms. The summed E-state index contributed by atoms with van der Waals surface area (Å²) in [6.07, 6.45) is 6.07. The van der Waals surface area contributed by atoms with Gasteiger partial charge in [-0.1, -0.05) is 0 Å². The van der Waals surface area contributed by atoms with Gasteiger partial charge in [0.1, 0.15) is 0 Å². The number of hydrogen-bond acceptors (Lipinski definition) is 2. The molecule has 0 aromatic heterocycles. The summed E-state index contributed by atoms with van der Waals surface area (Å²) in [6, 6.07) is 0. The molecule has 1 amide bonds. The van der Waals surface area contributed by atoms with E-state index < -0.39 is 0 Å². The highest BCUT2D eigenvalue weighted by Crippen LogP contribution is 2.28. The number of carbonyl (C=O) groups is 1. The number of piperidine rings is 1. The van der Waals surface area contributed by atoms with Crippen molar-refractivity contribution in [1.29, 1.82) is 0 Å². The molecule has 2 nitrogen and oxygen atoms in total. The lowest BCUT2D eigenvalue weighted by molar-refractivity contribution is -0.131. The molecule has 2 aliphatic rings. The van der Waals surface area contributed by atoms with E-state index >= 15 is 0 Å². The second-order valence-electron chi connectivity index (χ2n) is 3.89. The fourth-order valence-electron chi connectivity index (χ4n) is 2.09. The van der Waals surface area contributed by atoms with Gasteiger partial charge in [-0.25, -0.2) is 0 Å². The van der Waals surface area contributed by atoms with E-state index in [0.717, 1.165) is 19.5 Å². The summed E-state index contributed by atoms with van der Waals surface area (Å²) < 4.78 is 0. The van der Waals surface area contributed by atoms with Crippen LogP contribution in [0.2, 0.25) is 0 Å². The standard InChI is InChI=1S/C10H17NOS/c12-10(9-5-4-8-13-9)11-6-2-1-3-7-11/h9H,1-8H2. The number of amides is 1. The van der Waals surface area contributed by atoms with Gasteiger partial charge in [0.25, 0.3) is 0 Å². The third-order valence-corrected chi connectivity index (χ3v) is 4.24. The summed E-state index contributed by atoms with van der Waals surface area (Å²) in [4.78, 5) is 14.0. The van der Waals surface area contributed by atoms with Crippen LogP contribution < -0.4 is 0 Å². The van der Waals surface area contributed by atoms with Crippen LogP contribution in [-0.2, 0) is 4.79 Å². The van der Waals surface area contributed by atoms with Crippen LogP contribution in [0.15, 0.2) is 0 Å². The minimum atomic E-state index is 0.304. The highest BCUT2D eigenvalue weighted by Gasteiger charge is 2.28. The minimum Gasteiger partial charge on any atom is -0.342 e. The summed E-state index contributed by atoms with van der Waals surface area (Å²) in [5, 5.41) is 0.304. The van der Waals surface area contributed by atoms with Crippen LogP contribution in [-0.4, -0.2) is 34.9 Å². The largest absolute Gasteiger partial charge is 0.342 e. The van der Waals surface area contributed by atoms with Gasteiger partial charge in [0.15, 0.2) is 0 Å². The molecule has 0 aromatic carbocycles. The molecule has 1 atom stereocenters. The van der Waals surface area contributed by atoms with E-state index in [1.807, 2.05) is 11.8 Å². The van der Waals surface area contributed by atoms with Gasteiger partial charge in [-0.3, -0.25) is 4.79 Å². The van der Waals surface area contributed by atoms with Crippen molar-refractivity contribution in [2.24, 2.45) is 0 Å². The van der Waals surface area contributed by atoms with Crippen LogP contribution >= 0.6 is 11.8 Å². The first-order valence-corrected chi connectivity index (χ1v) is 6.33. The molecule has 1 unspecified atom stereocenters. The highest BCUT2D eigenvalue weighted by molar-refractivity contribution is 8.00. The molecule has 0 saturated carbocycles. The Morgan fingerprint density at radius 2 is 1.92 bits per heavy atom. The molecule has 3 heteroatoms. The lowest BCUT2D eigenvalue weighted by atomic mass is 10.1. The van der Waals surface area contributed by atoms with E-state index in [1.165, 1.54) is 31.4 Å². The van der Waals surface area contributed by atoms with E-state index in [2.05, 4.69) is 4.90 Å². The van der Waals surface area contributed by atoms with Crippen molar-refractivity contribution in [1.82, 2.24) is 4.90 Å². The molecule has 74 valence electrons. The lowest BCUT2D eigenvalue weighted by Gasteiger charge is -2.28. The average molecular weight is 199 g/mol. The van der Waals surface area contributed by atoms with Crippen molar-refractivity contribution in [2.75, 3.05) is 18.8 Å². The van der Waals surface area contributed by atoms with E-state index in [9.17, 15) is 4.79 Å². The molecule has 0 aliphatic carbocycles. The number of likely N-dealkylation sites (tertiary alicyclic amines) is 1. The van der Waals surface area contributed by atoms with Gasteiger partial charge in [-0.05, 0) is 37.9 Å². The van der Waals surface area contributed by atoms with E-state index in [4.69, 9.17) is 0 Å². The number of carbonyl (C=O) groups excluding carboxylic acids is 1. The van der Waals surface area contributed by atoms with Gasteiger partial charge in [0.2, 0.25) is 5.91 Å². The van der Waals surface area contributed by atoms with Gasteiger partial charge in [0.05, 0.1) is 5.25 Å². The maximum Gasteiger partial charge on any atom is 0.235 e. The van der Waals surface area contributed by atoms with E-state index in [0.29, 0.717) is 11.2 Å². The van der Waals surface area contributed by atoms with Crippen molar-refractivity contribution in [3.8, 4) is 0 Å². The normalized spacial score (nSPS) is 29.2. The summed E-state index contributed by atoms with van der Waals surface area (Å²) in [5.74, 6) is 1.60. The van der Waals surface area contributed by atoms with Crippen molar-refractivity contribution in [3.05, 3.63) is 0 Å². The summed E-state index contributed by atoms with van der Waals surface area (Å²) >= 11 is 1.85.